The molecule has 1 fully saturated rings. The lowest BCUT2D eigenvalue weighted by Crippen LogP contribution is -2.38. The van der Waals surface area contributed by atoms with Crippen molar-refractivity contribution in [1.29, 1.82) is 5.26 Å². The standard InChI is InChI=1S/C13H15N3O5/c1-8-6-16(12(19)15-11(8)18)10-5-13(20,3-2-4-14)9(7-17)21-10/h2-3,6,9-10,17,20H,5,7H2,1H3,(H,15,18,19)/t9-,10-,13-/m1/s1. The molecule has 21 heavy (non-hydrogen) atoms. The number of hydrogen-bond acceptors (Lipinski definition) is 6. The first-order chi connectivity index (χ1) is 9.91. The molecule has 0 bridgehead atoms. The first-order valence-electron chi connectivity index (χ1n) is 6.29. The molecule has 2 heterocycles. The van der Waals surface area contributed by atoms with Crippen molar-refractivity contribution >= 4 is 0 Å². The van der Waals surface area contributed by atoms with E-state index >= 15 is 0 Å². The van der Waals surface area contributed by atoms with Gasteiger partial charge in [-0.25, -0.2) is 4.79 Å². The molecule has 8 nitrogen and oxygen atoms in total. The zero-order valence-corrected chi connectivity index (χ0v) is 11.3. The van der Waals surface area contributed by atoms with Crippen LogP contribution in [0.2, 0.25) is 0 Å². The highest BCUT2D eigenvalue weighted by Gasteiger charge is 2.46. The van der Waals surface area contributed by atoms with Crippen LogP contribution in [0.3, 0.4) is 0 Å². The third-order valence-electron chi connectivity index (χ3n) is 3.45. The molecule has 0 spiro atoms. The molecule has 1 aromatic rings. The molecule has 3 N–H and O–H groups in total. The third-order valence-corrected chi connectivity index (χ3v) is 3.45. The van der Waals surface area contributed by atoms with Crippen molar-refractivity contribution in [2.45, 2.75) is 31.3 Å². The van der Waals surface area contributed by atoms with Crippen molar-refractivity contribution in [1.82, 2.24) is 9.55 Å². The molecule has 0 aliphatic carbocycles. The van der Waals surface area contributed by atoms with Gasteiger partial charge in [-0.3, -0.25) is 14.3 Å². The summed E-state index contributed by atoms with van der Waals surface area (Å²) in [6, 6.07) is 1.75. The van der Waals surface area contributed by atoms with Gasteiger partial charge in [0.2, 0.25) is 0 Å². The highest BCUT2D eigenvalue weighted by atomic mass is 16.5. The summed E-state index contributed by atoms with van der Waals surface area (Å²) >= 11 is 0. The normalized spacial score (nSPS) is 28.9. The van der Waals surface area contributed by atoms with E-state index in [1.165, 1.54) is 19.2 Å². The van der Waals surface area contributed by atoms with Gasteiger partial charge in [0.15, 0.2) is 0 Å². The van der Waals surface area contributed by atoms with Gasteiger partial charge in [-0.1, -0.05) is 0 Å². The fourth-order valence-electron chi connectivity index (χ4n) is 2.29. The van der Waals surface area contributed by atoms with Gasteiger partial charge in [-0.05, 0) is 13.0 Å². The topological polar surface area (TPSA) is 128 Å². The number of rotatable bonds is 3. The van der Waals surface area contributed by atoms with Crippen LogP contribution in [0.25, 0.3) is 0 Å². The third kappa shape index (κ3) is 2.80. The Morgan fingerprint density at radius 1 is 1.67 bits per heavy atom. The predicted octanol–water partition coefficient (Wildman–Crippen LogP) is -1.06. The van der Waals surface area contributed by atoms with Crippen LogP contribution < -0.4 is 11.2 Å². The second kappa shape index (κ2) is 5.65. The Kier molecular flexibility index (Phi) is 4.09. The van der Waals surface area contributed by atoms with Crippen molar-refractivity contribution in [2.75, 3.05) is 6.61 Å². The summed E-state index contributed by atoms with van der Waals surface area (Å²) < 4.78 is 6.62. The number of nitriles is 1. The van der Waals surface area contributed by atoms with Gasteiger partial charge in [0.05, 0.1) is 12.7 Å². The van der Waals surface area contributed by atoms with E-state index in [1.54, 1.807) is 6.07 Å². The van der Waals surface area contributed by atoms with Crippen LogP contribution >= 0.6 is 0 Å². The molecule has 1 saturated heterocycles. The van der Waals surface area contributed by atoms with Crippen molar-refractivity contribution in [3.8, 4) is 6.07 Å². The summed E-state index contributed by atoms with van der Waals surface area (Å²) in [4.78, 5) is 25.3. The Labute approximate surface area is 119 Å². The van der Waals surface area contributed by atoms with E-state index in [-0.39, 0.29) is 6.42 Å². The Bertz CT molecular complexity index is 714. The van der Waals surface area contributed by atoms with E-state index < -0.39 is 35.8 Å². The Balaban J connectivity index is 2.39. The predicted molar refractivity (Wildman–Crippen MR) is 71.4 cm³/mol. The fourth-order valence-corrected chi connectivity index (χ4v) is 2.29. The lowest BCUT2D eigenvalue weighted by Gasteiger charge is -2.22. The number of aromatic nitrogens is 2. The van der Waals surface area contributed by atoms with Gasteiger partial charge < -0.3 is 14.9 Å². The van der Waals surface area contributed by atoms with Gasteiger partial charge in [0.1, 0.15) is 17.9 Å². The molecular weight excluding hydrogens is 278 g/mol. The second-order valence-corrected chi connectivity index (χ2v) is 4.90. The molecule has 0 unspecified atom stereocenters. The Morgan fingerprint density at radius 2 is 2.38 bits per heavy atom. The van der Waals surface area contributed by atoms with Crippen molar-refractivity contribution < 1.29 is 14.9 Å². The molecule has 112 valence electrons. The number of hydrogen-bond donors (Lipinski definition) is 3. The lowest BCUT2D eigenvalue weighted by molar-refractivity contribution is -0.0654. The average Bonchev–Trinajstić information content (AvgIpc) is 2.78. The van der Waals surface area contributed by atoms with Crippen molar-refractivity contribution in [3.63, 3.8) is 0 Å². The van der Waals surface area contributed by atoms with Crippen LogP contribution in [-0.2, 0) is 4.74 Å². The Hall–Kier alpha value is -2.21. The van der Waals surface area contributed by atoms with Crippen LogP contribution in [0.5, 0.6) is 0 Å². The van der Waals surface area contributed by atoms with Gasteiger partial charge in [0, 0.05) is 24.3 Å². The number of allylic oxidation sites excluding steroid dienone is 1. The molecule has 0 saturated carbocycles. The van der Waals surface area contributed by atoms with Crippen LogP contribution in [0.15, 0.2) is 27.9 Å². The molecule has 0 radical (unpaired) electrons. The lowest BCUT2D eigenvalue weighted by atomic mass is 9.94. The molecular formula is C13H15N3O5. The summed E-state index contributed by atoms with van der Waals surface area (Å²) in [5.74, 6) is 0. The zero-order valence-electron chi connectivity index (χ0n) is 11.3. The molecule has 2 rings (SSSR count). The minimum atomic E-state index is -1.56. The maximum absolute atomic E-state index is 11.8. The minimum absolute atomic E-state index is 0.0260. The summed E-state index contributed by atoms with van der Waals surface area (Å²) in [7, 11) is 0. The van der Waals surface area contributed by atoms with E-state index in [2.05, 4.69) is 4.98 Å². The maximum atomic E-state index is 11.8. The van der Waals surface area contributed by atoms with Crippen LogP contribution in [-0.4, -0.2) is 38.1 Å². The number of aromatic amines is 1. The number of nitrogens with zero attached hydrogens (tertiary/aromatic N) is 2. The highest BCUT2D eigenvalue weighted by molar-refractivity contribution is 5.16. The molecule has 0 amide bonds. The molecule has 1 aliphatic heterocycles. The summed E-state index contributed by atoms with van der Waals surface area (Å²) in [5.41, 5.74) is -2.39. The fraction of sp³-hybridized carbons (Fsp3) is 0.462. The zero-order chi connectivity index (χ0) is 15.6. The second-order valence-electron chi connectivity index (χ2n) is 4.90. The number of H-pyrrole nitrogens is 1. The van der Waals surface area contributed by atoms with Crippen LogP contribution in [0, 0.1) is 18.3 Å². The van der Waals surface area contributed by atoms with Crippen molar-refractivity contribution in [2.24, 2.45) is 0 Å². The minimum Gasteiger partial charge on any atom is -0.394 e. The molecule has 3 atom stereocenters. The number of aliphatic hydroxyl groups is 2. The molecule has 8 heteroatoms. The van der Waals surface area contributed by atoms with Crippen LogP contribution in [0.1, 0.15) is 18.2 Å². The largest absolute Gasteiger partial charge is 0.394 e. The number of nitrogens with one attached hydrogen (secondary N) is 1. The first-order valence-corrected chi connectivity index (χ1v) is 6.29. The van der Waals surface area contributed by atoms with Gasteiger partial charge in [-0.2, -0.15) is 5.26 Å². The van der Waals surface area contributed by atoms with E-state index in [0.717, 1.165) is 10.6 Å². The highest BCUT2D eigenvalue weighted by Crippen LogP contribution is 2.36. The summed E-state index contributed by atoms with van der Waals surface area (Å²) in [5, 5.41) is 28.3. The smallest absolute Gasteiger partial charge is 0.330 e. The van der Waals surface area contributed by atoms with E-state index in [1.807, 2.05) is 0 Å². The summed E-state index contributed by atoms with van der Waals surface area (Å²) in [6.07, 6.45) is 1.82. The number of aliphatic hydroxyl groups excluding tert-OH is 1. The quantitative estimate of drug-likeness (QED) is 0.609. The SMILES string of the molecule is Cc1cn([C@H]2C[C@](O)(C=CC#N)[C@@H](CO)O2)c(=O)[nH]c1=O. The number of aryl methyl sites for hydroxylation is 1. The summed E-state index contributed by atoms with van der Waals surface area (Å²) in [6.45, 7) is 1.06. The Morgan fingerprint density at radius 3 is 3.00 bits per heavy atom. The van der Waals surface area contributed by atoms with Gasteiger partial charge in [-0.15, -0.1) is 0 Å². The first kappa shape index (κ1) is 15.2. The molecule has 0 aromatic carbocycles. The monoisotopic (exact) mass is 293 g/mol. The van der Waals surface area contributed by atoms with E-state index in [0.29, 0.717) is 5.56 Å². The van der Waals surface area contributed by atoms with E-state index in [4.69, 9.17) is 10.00 Å². The molecule has 1 aliphatic rings. The van der Waals surface area contributed by atoms with E-state index in [9.17, 15) is 19.8 Å². The maximum Gasteiger partial charge on any atom is 0.330 e. The molecule has 1 aromatic heterocycles. The number of ether oxygens (including phenoxy) is 1. The van der Waals surface area contributed by atoms with Gasteiger partial charge >= 0.3 is 5.69 Å². The van der Waals surface area contributed by atoms with Crippen molar-refractivity contribution in [3.05, 3.63) is 44.8 Å². The van der Waals surface area contributed by atoms with Crippen LogP contribution in [0.4, 0.5) is 0 Å². The average molecular weight is 293 g/mol. The van der Waals surface area contributed by atoms with Gasteiger partial charge in [0.25, 0.3) is 5.56 Å².